The van der Waals surface area contributed by atoms with Gasteiger partial charge in [0.2, 0.25) is 5.95 Å². The average Bonchev–Trinajstić information content (AvgIpc) is 2.97. The van der Waals surface area contributed by atoms with Gasteiger partial charge in [-0.25, -0.2) is 4.39 Å². The average molecular weight is 277 g/mol. The van der Waals surface area contributed by atoms with Gasteiger partial charge in [0.15, 0.2) is 5.82 Å². The molecule has 20 heavy (non-hydrogen) atoms. The number of ether oxygens (including phenoxy) is 1. The van der Waals surface area contributed by atoms with Gasteiger partial charge in [0.1, 0.15) is 11.6 Å². The number of nitrogens with zero attached hydrogens (tertiary/aromatic N) is 3. The molecular formula is C13H16FN5O. The minimum Gasteiger partial charge on any atom is -0.497 e. The number of nitrogens with one attached hydrogen (secondary N) is 2. The third-order valence-corrected chi connectivity index (χ3v) is 3.30. The lowest BCUT2D eigenvalue weighted by atomic mass is 10.2. The van der Waals surface area contributed by atoms with Crippen LogP contribution < -0.4 is 15.0 Å². The number of piperazine rings is 1. The molecule has 1 saturated heterocycles. The summed E-state index contributed by atoms with van der Waals surface area (Å²) < 4.78 is 19.0. The van der Waals surface area contributed by atoms with Crippen LogP contribution >= 0.6 is 0 Å². The lowest BCUT2D eigenvalue weighted by molar-refractivity contribution is 0.411. The Morgan fingerprint density at radius 2 is 2.10 bits per heavy atom. The van der Waals surface area contributed by atoms with Crippen molar-refractivity contribution in [2.45, 2.75) is 0 Å². The molecule has 0 unspecified atom stereocenters. The van der Waals surface area contributed by atoms with Crippen molar-refractivity contribution in [3.8, 4) is 17.1 Å². The van der Waals surface area contributed by atoms with Gasteiger partial charge < -0.3 is 15.0 Å². The van der Waals surface area contributed by atoms with E-state index in [9.17, 15) is 4.39 Å². The number of aromatic amines is 1. The molecule has 0 amide bonds. The highest BCUT2D eigenvalue weighted by molar-refractivity contribution is 5.58. The number of hydrogen-bond acceptors (Lipinski definition) is 5. The molecule has 0 bridgehead atoms. The molecule has 1 aliphatic rings. The lowest BCUT2D eigenvalue weighted by Gasteiger charge is -2.25. The molecule has 2 heterocycles. The third kappa shape index (κ3) is 2.44. The van der Waals surface area contributed by atoms with Crippen molar-refractivity contribution in [3.05, 3.63) is 24.0 Å². The highest BCUT2D eigenvalue weighted by atomic mass is 19.1. The first-order chi connectivity index (χ1) is 9.78. The number of hydrogen-bond donors (Lipinski definition) is 2. The van der Waals surface area contributed by atoms with Crippen molar-refractivity contribution in [2.75, 3.05) is 38.2 Å². The van der Waals surface area contributed by atoms with Gasteiger partial charge in [-0.2, -0.15) is 4.98 Å². The summed E-state index contributed by atoms with van der Waals surface area (Å²) in [5.41, 5.74) is 0.389. The second-order valence-electron chi connectivity index (χ2n) is 4.57. The number of methoxy groups -OCH3 is 1. The van der Waals surface area contributed by atoms with Crippen LogP contribution in [0.5, 0.6) is 5.75 Å². The molecule has 2 N–H and O–H groups in total. The maximum atomic E-state index is 14.0. The monoisotopic (exact) mass is 277 g/mol. The molecule has 0 saturated carbocycles. The highest BCUT2D eigenvalue weighted by Crippen LogP contribution is 2.24. The largest absolute Gasteiger partial charge is 0.497 e. The predicted molar refractivity (Wildman–Crippen MR) is 73.4 cm³/mol. The highest BCUT2D eigenvalue weighted by Gasteiger charge is 2.17. The Labute approximate surface area is 116 Å². The standard InChI is InChI=1S/C13H16FN5O/c1-20-9-2-3-10(11(14)8-9)12-16-13(18-17-12)19-6-4-15-5-7-19/h2-3,8,15H,4-7H2,1H3,(H,16,17,18). The third-order valence-electron chi connectivity index (χ3n) is 3.30. The van der Waals surface area contributed by atoms with Crippen LogP contribution in [0.25, 0.3) is 11.4 Å². The van der Waals surface area contributed by atoms with E-state index in [-0.39, 0.29) is 5.82 Å². The van der Waals surface area contributed by atoms with Crippen molar-refractivity contribution in [1.82, 2.24) is 20.5 Å². The minimum absolute atomic E-state index is 0.382. The maximum Gasteiger partial charge on any atom is 0.245 e. The van der Waals surface area contributed by atoms with Crippen molar-refractivity contribution in [3.63, 3.8) is 0 Å². The molecule has 106 valence electrons. The fourth-order valence-corrected chi connectivity index (χ4v) is 2.19. The van der Waals surface area contributed by atoms with Gasteiger partial charge in [-0.05, 0) is 12.1 Å². The van der Waals surface area contributed by atoms with Crippen molar-refractivity contribution in [1.29, 1.82) is 0 Å². The van der Waals surface area contributed by atoms with E-state index in [0.29, 0.717) is 23.1 Å². The second kappa shape index (κ2) is 5.46. The Morgan fingerprint density at radius 3 is 2.80 bits per heavy atom. The van der Waals surface area contributed by atoms with Crippen LogP contribution in [-0.2, 0) is 0 Å². The van der Waals surface area contributed by atoms with Gasteiger partial charge >= 0.3 is 0 Å². The second-order valence-corrected chi connectivity index (χ2v) is 4.57. The van der Waals surface area contributed by atoms with Gasteiger partial charge in [0.05, 0.1) is 12.7 Å². The van der Waals surface area contributed by atoms with E-state index in [1.165, 1.54) is 13.2 Å². The van der Waals surface area contributed by atoms with E-state index in [1.807, 2.05) is 0 Å². The molecule has 1 fully saturated rings. The summed E-state index contributed by atoms with van der Waals surface area (Å²) in [4.78, 5) is 6.44. The lowest BCUT2D eigenvalue weighted by Crippen LogP contribution is -2.44. The summed E-state index contributed by atoms with van der Waals surface area (Å²) in [6.45, 7) is 3.51. The normalized spacial score (nSPS) is 15.4. The smallest absolute Gasteiger partial charge is 0.245 e. The summed E-state index contributed by atoms with van der Waals surface area (Å²) in [6.07, 6.45) is 0. The van der Waals surface area contributed by atoms with Crippen LogP contribution in [0.3, 0.4) is 0 Å². The number of H-pyrrole nitrogens is 1. The van der Waals surface area contributed by atoms with E-state index in [2.05, 4.69) is 25.4 Å². The number of halogens is 1. The number of anilines is 1. The summed E-state index contributed by atoms with van der Waals surface area (Å²) in [7, 11) is 1.51. The Morgan fingerprint density at radius 1 is 1.30 bits per heavy atom. The molecule has 6 nitrogen and oxygen atoms in total. The molecule has 0 spiro atoms. The van der Waals surface area contributed by atoms with E-state index in [4.69, 9.17) is 4.74 Å². The first kappa shape index (κ1) is 12.9. The molecule has 1 aliphatic heterocycles. The molecule has 1 aromatic carbocycles. The van der Waals surface area contributed by atoms with Crippen LogP contribution in [-0.4, -0.2) is 48.5 Å². The van der Waals surface area contributed by atoms with E-state index in [1.54, 1.807) is 12.1 Å². The van der Waals surface area contributed by atoms with Gasteiger partial charge in [0, 0.05) is 32.2 Å². The van der Waals surface area contributed by atoms with Crippen molar-refractivity contribution < 1.29 is 9.13 Å². The fraction of sp³-hybridized carbons (Fsp3) is 0.385. The van der Waals surface area contributed by atoms with Crippen LogP contribution in [0.4, 0.5) is 10.3 Å². The summed E-state index contributed by atoms with van der Waals surface area (Å²) in [5, 5.41) is 10.2. The molecule has 7 heteroatoms. The fourth-order valence-electron chi connectivity index (χ4n) is 2.19. The first-order valence-corrected chi connectivity index (χ1v) is 6.50. The summed E-state index contributed by atoms with van der Waals surface area (Å²) >= 11 is 0. The van der Waals surface area contributed by atoms with Crippen molar-refractivity contribution >= 4 is 5.95 Å². The van der Waals surface area contributed by atoms with Gasteiger partial charge in [-0.1, -0.05) is 0 Å². The molecule has 0 radical (unpaired) electrons. The topological polar surface area (TPSA) is 66.1 Å². The molecule has 1 aromatic heterocycles. The Kier molecular flexibility index (Phi) is 3.51. The van der Waals surface area contributed by atoms with Gasteiger partial charge in [-0.3, -0.25) is 5.10 Å². The van der Waals surface area contributed by atoms with Gasteiger partial charge in [-0.15, -0.1) is 5.10 Å². The SMILES string of the molecule is COc1ccc(-c2nc(N3CCNCC3)n[nH]2)c(F)c1. The number of rotatable bonds is 3. The Bertz CT molecular complexity index is 594. The molecule has 0 atom stereocenters. The summed E-state index contributed by atoms with van der Waals surface area (Å²) in [5.74, 6) is 1.14. The first-order valence-electron chi connectivity index (χ1n) is 6.50. The minimum atomic E-state index is -0.382. The van der Waals surface area contributed by atoms with Crippen molar-refractivity contribution in [2.24, 2.45) is 0 Å². The van der Waals surface area contributed by atoms with Crippen LogP contribution in [0.2, 0.25) is 0 Å². The van der Waals surface area contributed by atoms with Crippen LogP contribution in [0, 0.1) is 5.82 Å². The maximum absolute atomic E-state index is 14.0. The van der Waals surface area contributed by atoms with E-state index >= 15 is 0 Å². The molecule has 2 aromatic rings. The van der Waals surface area contributed by atoms with Gasteiger partial charge in [0.25, 0.3) is 0 Å². The Balaban J connectivity index is 1.85. The summed E-state index contributed by atoms with van der Waals surface area (Å²) in [6, 6.07) is 4.67. The predicted octanol–water partition coefficient (Wildman–Crippen LogP) is 1.03. The molecular weight excluding hydrogens is 261 g/mol. The zero-order valence-electron chi connectivity index (χ0n) is 11.2. The Hall–Kier alpha value is -2.15. The van der Waals surface area contributed by atoms with E-state index < -0.39 is 0 Å². The van der Waals surface area contributed by atoms with E-state index in [0.717, 1.165) is 26.2 Å². The van der Waals surface area contributed by atoms with Crippen LogP contribution in [0.1, 0.15) is 0 Å². The quantitative estimate of drug-likeness (QED) is 0.877. The zero-order chi connectivity index (χ0) is 13.9. The van der Waals surface area contributed by atoms with Crippen LogP contribution in [0.15, 0.2) is 18.2 Å². The molecule has 3 rings (SSSR count). The number of benzene rings is 1. The molecule has 0 aliphatic carbocycles. The zero-order valence-corrected chi connectivity index (χ0v) is 11.2. The number of aromatic nitrogens is 3.